The first kappa shape index (κ1) is 19.9. The van der Waals surface area contributed by atoms with Gasteiger partial charge in [-0.25, -0.2) is 14.9 Å². The highest BCUT2D eigenvalue weighted by Gasteiger charge is 2.59. The van der Waals surface area contributed by atoms with Crippen molar-refractivity contribution in [3.63, 3.8) is 0 Å². The van der Waals surface area contributed by atoms with Crippen LogP contribution in [0.3, 0.4) is 0 Å². The molecular weight excluding hydrogens is 412 g/mol. The lowest BCUT2D eigenvalue weighted by Crippen LogP contribution is -2.51. The van der Waals surface area contributed by atoms with Gasteiger partial charge in [0.1, 0.15) is 30.8 Å². The minimum Gasteiger partial charge on any atom is -0.385 e. The van der Waals surface area contributed by atoms with Crippen LogP contribution in [0.15, 0.2) is 36.7 Å². The van der Waals surface area contributed by atoms with Crippen LogP contribution in [-0.4, -0.2) is 65.0 Å². The second-order valence-electron chi connectivity index (χ2n) is 7.14. The summed E-state index contributed by atoms with van der Waals surface area (Å²) in [5.74, 6) is 0.657. The van der Waals surface area contributed by atoms with Gasteiger partial charge in [0.15, 0.2) is 24.0 Å². The van der Waals surface area contributed by atoms with Gasteiger partial charge in [-0.1, -0.05) is 30.3 Å². The van der Waals surface area contributed by atoms with Crippen LogP contribution < -0.4 is 16.0 Å². The lowest BCUT2D eigenvalue weighted by Gasteiger charge is -2.32. The normalized spacial score (nSPS) is 35.0. The van der Waals surface area contributed by atoms with Crippen LogP contribution in [0.25, 0.3) is 0 Å². The molecule has 3 aliphatic rings. The molecule has 6 atom stereocenters. The van der Waals surface area contributed by atoms with E-state index in [0.29, 0.717) is 18.1 Å². The third kappa shape index (κ3) is 3.50. The zero-order valence-corrected chi connectivity index (χ0v) is 16.6. The van der Waals surface area contributed by atoms with Crippen molar-refractivity contribution in [2.75, 3.05) is 22.6 Å². The smallest absolute Gasteiger partial charge is 0.385 e. The summed E-state index contributed by atoms with van der Waals surface area (Å²) in [6.45, 7) is 0.286. The molecule has 4 heterocycles. The number of fused-ring (bicyclic) bond motifs is 2. The number of aromatic nitrogens is 2. The molecule has 0 bridgehead atoms. The predicted octanol–water partition coefficient (Wildman–Crippen LogP) is 0.131. The molecule has 5 unspecified atom stereocenters. The summed E-state index contributed by atoms with van der Waals surface area (Å²) in [7, 11) is 2.10. The van der Waals surface area contributed by atoms with Gasteiger partial charge < -0.3 is 25.6 Å². The highest BCUT2D eigenvalue weighted by atomic mass is 31.2. The zero-order valence-electron chi connectivity index (χ0n) is 15.7. The van der Waals surface area contributed by atoms with Gasteiger partial charge in [-0.2, -0.15) is 9.05 Å². The fraction of sp³-hybridized carbons (Fsp3) is 0.412. The van der Waals surface area contributed by atoms with Crippen LogP contribution in [0.2, 0.25) is 0 Å². The molecule has 156 valence electrons. The van der Waals surface area contributed by atoms with Crippen LogP contribution >= 0.6 is 7.82 Å². The number of nitrogens with two attached hydrogens (primary N) is 1. The van der Waals surface area contributed by atoms with Crippen LogP contribution in [-0.2, 0) is 25.1 Å². The van der Waals surface area contributed by atoms with Crippen molar-refractivity contribution < 1.29 is 28.5 Å². The first-order valence-corrected chi connectivity index (χ1v) is 11.0. The molecule has 3 aliphatic heterocycles. The van der Waals surface area contributed by atoms with Crippen LogP contribution in [0.4, 0.5) is 17.3 Å². The van der Waals surface area contributed by atoms with E-state index in [1.807, 2.05) is 30.3 Å². The van der Waals surface area contributed by atoms with Gasteiger partial charge in [0, 0.05) is 0 Å². The summed E-state index contributed by atoms with van der Waals surface area (Å²) in [6, 6.07) is 9.63. The minimum absolute atomic E-state index is 0.00537. The molecule has 11 nitrogen and oxygen atoms in total. The van der Waals surface area contributed by atoms with E-state index >= 15 is 0 Å². The molecule has 0 amide bonds. The Kier molecular flexibility index (Phi) is 5.02. The quantitative estimate of drug-likeness (QED) is 0.387. The largest absolute Gasteiger partial charge is 0.488 e. The number of aliphatic hydroxyl groups excluding tert-OH is 1. The summed E-state index contributed by atoms with van der Waals surface area (Å²) in [5.41, 5.74) is 7.44. The Balaban J connectivity index is 1.42. The zero-order chi connectivity index (χ0) is 20.9. The number of hydrogen-bond acceptors (Lipinski definition) is 11. The van der Waals surface area contributed by atoms with Crippen molar-refractivity contribution in [3.05, 3.63) is 42.2 Å². The van der Waals surface area contributed by atoms with Crippen molar-refractivity contribution in [1.82, 2.24) is 9.97 Å². The van der Waals surface area contributed by atoms with E-state index < -0.39 is 38.7 Å². The average Bonchev–Trinajstić information content (AvgIpc) is 3.25. The maximum absolute atomic E-state index is 10.9. The van der Waals surface area contributed by atoms with E-state index in [1.165, 1.54) is 6.33 Å². The molecule has 30 heavy (non-hydrogen) atoms. The highest BCUT2D eigenvalue weighted by molar-refractivity contribution is 7.85. The lowest BCUT2D eigenvalue weighted by molar-refractivity contribution is -0.0540. The van der Waals surface area contributed by atoms with E-state index in [4.69, 9.17) is 31.8 Å². The van der Waals surface area contributed by atoms with Gasteiger partial charge >= 0.3 is 15.4 Å². The maximum atomic E-state index is 10.9. The molecule has 2 radical (unpaired) electrons. The highest BCUT2D eigenvalue weighted by Crippen LogP contribution is 2.58. The SMILES string of the molecule is [B][P+]1(O)OCC2OC(N3c4ncnc(N)c4NC3OCc3ccccc3)C(O)[C@@H]2O1. The Morgan fingerprint density at radius 2 is 2.13 bits per heavy atom. The molecule has 2 fully saturated rings. The van der Waals surface area contributed by atoms with Crippen molar-refractivity contribution in [3.8, 4) is 0 Å². The third-order valence-electron chi connectivity index (χ3n) is 5.15. The van der Waals surface area contributed by atoms with Crippen molar-refractivity contribution in [2.45, 2.75) is 37.5 Å². The molecule has 2 aromatic rings. The molecule has 0 saturated carbocycles. The second-order valence-corrected chi connectivity index (χ2v) is 8.74. The average molecular weight is 432 g/mol. The Morgan fingerprint density at radius 1 is 1.33 bits per heavy atom. The van der Waals surface area contributed by atoms with Crippen LogP contribution in [0, 0.1) is 0 Å². The standard InChI is InChI=1S/C17H20BN5O6P/c18-30(25)27-7-10-13(29-30)12(24)16(28-10)23-15-11(14(19)20-8-21-15)22-17(23)26-6-9-4-2-1-3-5-9/h1-5,8,10,12-13,16-17,22,24-25H,6-7H2,(H2,19,20,21)/q+1/t10?,12?,13-,16?,17?,30?/m1/s1. The van der Waals surface area contributed by atoms with Crippen molar-refractivity contribution >= 4 is 32.7 Å². The van der Waals surface area contributed by atoms with E-state index in [9.17, 15) is 10.00 Å². The molecular formula is C17H20BN5O6P+. The summed E-state index contributed by atoms with van der Waals surface area (Å²) >= 11 is 0. The summed E-state index contributed by atoms with van der Waals surface area (Å²) in [6.07, 6.45) is -2.96. The van der Waals surface area contributed by atoms with Gasteiger partial charge in [0.25, 0.3) is 0 Å². The monoisotopic (exact) mass is 432 g/mol. The number of rotatable bonds is 4. The van der Waals surface area contributed by atoms with E-state index in [2.05, 4.69) is 15.3 Å². The Morgan fingerprint density at radius 3 is 2.93 bits per heavy atom. The molecule has 13 heteroatoms. The molecule has 1 aromatic heterocycles. The van der Waals surface area contributed by atoms with E-state index in [-0.39, 0.29) is 12.4 Å². The molecule has 1 aromatic carbocycles. The van der Waals surface area contributed by atoms with E-state index in [1.54, 1.807) is 4.90 Å². The summed E-state index contributed by atoms with van der Waals surface area (Å²) < 4.78 is 22.6. The molecule has 0 aliphatic carbocycles. The molecule has 5 rings (SSSR count). The Hall–Kier alpha value is -2.05. The third-order valence-corrected chi connectivity index (χ3v) is 6.22. The van der Waals surface area contributed by atoms with Crippen LogP contribution in [0.5, 0.6) is 0 Å². The summed E-state index contributed by atoms with van der Waals surface area (Å²) in [4.78, 5) is 19.9. The Labute approximate surface area is 174 Å². The van der Waals surface area contributed by atoms with Gasteiger partial charge in [-0.3, -0.25) is 4.90 Å². The molecule has 0 spiro atoms. The first-order valence-electron chi connectivity index (χ1n) is 9.31. The molecule has 2 saturated heterocycles. The summed E-state index contributed by atoms with van der Waals surface area (Å²) in [5, 5.41) is 14.1. The number of aliphatic hydroxyl groups is 1. The van der Waals surface area contributed by atoms with Gasteiger partial charge in [-0.05, 0) is 5.56 Å². The fourth-order valence-electron chi connectivity index (χ4n) is 3.75. The number of nitrogen functional groups attached to an aromatic ring is 1. The number of benzene rings is 1. The van der Waals surface area contributed by atoms with Crippen molar-refractivity contribution in [1.29, 1.82) is 0 Å². The molecule has 5 N–H and O–H groups in total. The number of anilines is 3. The van der Waals surface area contributed by atoms with Crippen molar-refractivity contribution in [2.24, 2.45) is 0 Å². The minimum atomic E-state index is -3.50. The first-order chi connectivity index (χ1) is 14.4. The number of nitrogens with one attached hydrogen (secondary N) is 1. The number of ether oxygens (including phenoxy) is 2. The maximum Gasteiger partial charge on any atom is 0.488 e. The lowest BCUT2D eigenvalue weighted by atomic mass is 10.1. The van der Waals surface area contributed by atoms with Gasteiger partial charge in [0.05, 0.1) is 6.61 Å². The second kappa shape index (κ2) is 7.58. The van der Waals surface area contributed by atoms with Gasteiger partial charge in [-0.15, -0.1) is 0 Å². The fourth-order valence-corrected chi connectivity index (χ4v) is 4.78. The van der Waals surface area contributed by atoms with E-state index in [0.717, 1.165) is 5.56 Å². The predicted molar refractivity (Wildman–Crippen MR) is 108 cm³/mol. The number of nitrogens with zero attached hydrogens (tertiary/aromatic N) is 3. The Bertz CT molecular complexity index is 927. The number of hydrogen-bond donors (Lipinski definition) is 4. The topological polar surface area (TPSA) is 144 Å². The van der Waals surface area contributed by atoms with Crippen LogP contribution in [0.1, 0.15) is 5.56 Å². The van der Waals surface area contributed by atoms with Gasteiger partial charge in [0.2, 0.25) is 6.35 Å².